The summed E-state index contributed by atoms with van der Waals surface area (Å²) in [5.74, 6) is -0.315. The first-order valence-corrected chi connectivity index (χ1v) is 11.0. The number of benzene rings is 2. The molecule has 0 saturated heterocycles. The quantitative estimate of drug-likeness (QED) is 0.335. The molecule has 0 aliphatic carbocycles. The highest BCUT2D eigenvalue weighted by Gasteiger charge is 2.20. The lowest BCUT2D eigenvalue weighted by Gasteiger charge is -2.11. The Kier molecular flexibility index (Phi) is 6.81. The van der Waals surface area contributed by atoms with Crippen LogP contribution in [0.15, 0.2) is 34.7 Å². The van der Waals surface area contributed by atoms with Crippen molar-refractivity contribution >= 4 is 17.2 Å². The van der Waals surface area contributed by atoms with Gasteiger partial charge in [0.05, 0.1) is 6.61 Å². The molecular formula is C25H24FN3O6. The second-order valence-electron chi connectivity index (χ2n) is 8.02. The lowest BCUT2D eigenvalue weighted by atomic mass is 10.1. The highest BCUT2D eigenvalue weighted by molar-refractivity contribution is 5.78. The van der Waals surface area contributed by atoms with Crippen LogP contribution in [0.5, 0.6) is 23.4 Å². The minimum absolute atomic E-state index is 0.0684. The standard InChI is InChI=1S/C25H24FN3O6/c1-5-6-32-23-20-24(29-25(28-23)34-18-8-13(2)7-17(26)11-18)35-22(27-20)16-9-14(3)21(15(4)10-16)33-12-19(30)31/h7-11H,5-6,12H2,1-4H3,(H,30,31). The molecule has 4 rings (SSSR count). The summed E-state index contributed by atoms with van der Waals surface area (Å²) in [7, 11) is 0. The van der Waals surface area contributed by atoms with Crippen molar-refractivity contribution in [2.45, 2.75) is 34.1 Å². The number of carboxylic acid groups (broad SMARTS) is 1. The van der Waals surface area contributed by atoms with E-state index in [1.807, 2.05) is 6.92 Å². The minimum Gasteiger partial charge on any atom is -0.481 e. The summed E-state index contributed by atoms with van der Waals surface area (Å²) in [6.07, 6.45) is 0.742. The number of aromatic nitrogens is 3. The Morgan fingerprint density at radius 2 is 1.77 bits per heavy atom. The van der Waals surface area contributed by atoms with Gasteiger partial charge in [0, 0.05) is 11.6 Å². The second-order valence-corrected chi connectivity index (χ2v) is 8.02. The molecule has 2 aromatic carbocycles. The Bertz CT molecular complexity index is 1360. The van der Waals surface area contributed by atoms with Crippen molar-refractivity contribution in [2.24, 2.45) is 0 Å². The van der Waals surface area contributed by atoms with Crippen LogP contribution in [0.4, 0.5) is 4.39 Å². The first kappa shape index (κ1) is 23.9. The summed E-state index contributed by atoms with van der Waals surface area (Å²) < 4.78 is 36.6. The SMILES string of the molecule is CCCOc1nc(Oc2cc(C)cc(F)c2)nc2oc(-c3cc(C)c(OCC(=O)O)c(C)c3)nc12. The van der Waals surface area contributed by atoms with E-state index in [1.54, 1.807) is 39.0 Å². The zero-order chi connectivity index (χ0) is 25.1. The maximum Gasteiger partial charge on any atom is 0.341 e. The second kappa shape index (κ2) is 9.96. The van der Waals surface area contributed by atoms with Crippen molar-refractivity contribution in [1.82, 2.24) is 15.0 Å². The van der Waals surface area contributed by atoms with Crippen molar-refractivity contribution in [2.75, 3.05) is 13.2 Å². The summed E-state index contributed by atoms with van der Waals surface area (Å²) in [5.41, 5.74) is 3.24. The Balaban J connectivity index is 1.73. The highest BCUT2D eigenvalue weighted by Crippen LogP contribution is 2.34. The Hall–Kier alpha value is -4.21. The van der Waals surface area contributed by atoms with Crippen LogP contribution in [0.1, 0.15) is 30.0 Å². The van der Waals surface area contributed by atoms with E-state index in [4.69, 9.17) is 23.7 Å². The largest absolute Gasteiger partial charge is 0.481 e. The van der Waals surface area contributed by atoms with Gasteiger partial charge in [0.1, 0.15) is 17.3 Å². The molecule has 0 bridgehead atoms. The van der Waals surface area contributed by atoms with E-state index in [9.17, 15) is 9.18 Å². The fourth-order valence-corrected chi connectivity index (χ4v) is 3.55. The van der Waals surface area contributed by atoms with Gasteiger partial charge in [-0.3, -0.25) is 0 Å². The van der Waals surface area contributed by atoms with Gasteiger partial charge < -0.3 is 23.7 Å². The number of nitrogens with zero attached hydrogens (tertiary/aromatic N) is 3. The fourth-order valence-electron chi connectivity index (χ4n) is 3.55. The molecular weight excluding hydrogens is 457 g/mol. The molecule has 2 heterocycles. The van der Waals surface area contributed by atoms with Gasteiger partial charge in [0.2, 0.25) is 5.89 Å². The Morgan fingerprint density at radius 1 is 1.03 bits per heavy atom. The number of carboxylic acids is 1. The Morgan fingerprint density at radius 3 is 2.43 bits per heavy atom. The van der Waals surface area contributed by atoms with Crippen molar-refractivity contribution in [3.8, 4) is 34.8 Å². The number of oxazole rings is 1. The number of rotatable bonds is 9. The minimum atomic E-state index is -1.06. The molecule has 0 amide bonds. The number of hydrogen-bond acceptors (Lipinski definition) is 8. The lowest BCUT2D eigenvalue weighted by molar-refractivity contribution is -0.139. The normalized spacial score (nSPS) is 11.0. The molecule has 0 unspecified atom stereocenters. The topological polar surface area (TPSA) is 117 Å². The molecule has 182 valence electrons. The van der Waals surface area contributed by atoms with Crippen LogP contribution < -0.4 is 14.2 Å². The predicted octanol–water partition coefficient (Wildman–Crippen LogP) is 5.39. The number of aryl methyl sites for hydroxylation is 3. The number of hydrogen-bond donors (Lipinski definition) is 1. The van der Waals surface area contributed by atoms with Crippen LogP contribution in [0.3, 0.4) is 0 Å². The monoisotopic (exact) mass is 481 g/mol. The van der Waals surface area contributed by atoms with Crippen LogP contribution in [-0.4, -0.2) is 39.2 Å². The summed E-state index contributed by atoms with van der Waals surface area (Å²) in [6, 6.07) is 7.77. The third kappa shape index (κ3) is 5.48. The smallest absolute Gasteiger partial charge is 0.341 e. The number of fused-ring (bicyclic) bond motifs is 1. The van der Waals surface area contributed by atoms with E-state index < -0.39 is 18.4 Å². The van der Waals surface area contributed by atoms with Gasteiger partial charge >= 0.3 is 12.0 Å². The summed E-state index contributed by atoms with van der Waals surface area (Å²) in [4.78, 5) is 24.0. The molecule has 10 heteroatoms. The molecule has 0 atom stereocenters. The maximum atomic E-state index is 13.8. The summed E-state index contributed by atoms with van der Waals surface area (Å²) >= 11 is 0. The van der Waals surface area contributed by atoms with Gasteiger partial charge in [-0.15, -0.1) is 0 Å². The molecule has 0 spiro atoms. The van der Waals surface area contributed by atoms with Gasteiger partial charge in [-0.1, -0.05) is 6.92 Å². The summed E-state index contributed by atoms with van der Waals surface area (Å²) in [5, 5.41) is 8.90. The van der Waals surface area contributed by atoms with Crippen molar-refractivity contribution < 1.29 is 32.9 Å². The zero-order valence-corrected chi connectivity index (χ0v) is 19.7. The van der Waals surface area contributed by atoms with E-state index in [0.717, 1.165) is 17.5 Å². The van der Waals surface area contributed by atoms with E-state index in [-0.39, 0.29) is 29.2 Å². The molecule has 35 heavy (non-hydrogen) atoms. The van der Waals surface area contributed by atoms with E-state index in [1.165, 1.54) is 12.1 Å². The van der Waals surface area contributed by atoms with Crippen LogP contribution >= 0.6 is 0 Å². The van der Waals surface area contributed by atoms with Crippen LogP contribution in [0, 0.1) is 26.6 Å². The van der Waals surface area contributed by atoms with Gasteiger partial charge in [0.25, 0.3) is 11.6 Å². The third-order valence-corrected chi connectivity index (χ3v) is 4.92. The molecule has 1 N–H and O–H groups in total. The van der Waals surface area contributed by atoms with Gasteiger partial charge in [-0.05, 0) is 68.1 Å². The highest BCUT2D eigenvalue weighted by atomic mass is 19.1. The zero-order valence-electron chi connectivity index (χ0n) is 19.7. The van der Waals surface area contributed by atoms with E-state index >= 15 is 0 Å². The average molecular weight is 481 g/mol. The lowest BCUT2D eigenvalue weighted by Crippen LogP contribution is -2.10. The van der Waals surface area contributed by atoms with Crippen LogP contribution in [-0.2, 0) is 4.79 Å². The molecule has 0 aliphatic heterocycles. The molecule has 0 saturated carbocycles. The molecule has 4 aromatic rings. The number of ether oxygens (including phenoxy) is 3. The van der Waals surface area contributed by atoms with E-state index in [0.29, 0.717) is 29.0 Å². The van der Waals surface area contributed by atoms with Gasteiger partial charge in [-0.25, -0.2) is 14.2 Å². The number of carbonyl (C=O) groups is 1. The fraction of sp³-hybridized carbons (Fsp3) is 0.280. The van der Waals surface area contributed by atoms with Crippen LogP contribution in [0.25, 0.3) is 22.7 Å². The molecule has 2 aromatic heterocycles. The number of halogens is 1. The predicted molar refractivity (Wildman–Crippen MR) is 125 cm³/mol. The maximum absolute atomic E-state index is 13.8. The summed E-state index contributed by atoms with van der Waals surface area (Å²) in [6.45, 7) is 7.27. The molecule has 0 radical (unpaired) electrons. The van der Waals surface area contributed by atoms with Gasteiger partial charge in [-0.2, -0.15) is 9.97 Å². The van der Waals surface area contributed by atoms with Crippen molar-refractivity contribution in [3.05, 3.63) is 52.8 Å². The molecule has 0 aliphatic rings. The van der Waals surface area contributed by atoms with Crippen molar-refractivity contribution in [1.29, 1.82) is 0 Å². The number of aliphatic carboxylic acids is 1. The molecule has 9 nitrogen and oxygen atoms in total. The molecule has 0 fully saturated rings. The Labute approximate surface area is 200 Å². The van der Waals surface area contributed by atoms with E-state index in [2.05, 4.69) is 15.0 Å². The third-order valence-electron chi connectivity index (χ3n) is 4.92. The van der Waals surface area contributed by atoms with Gasteiger partial charge in [0.15, 0.2) is 12.1 Å². The first-order valence-electron chi connectivity index (χ1n) is 11.0. The average Bonchev–Trinajstić information content (AvgIpc) is 3.20. The van der Waals surface area contributed by atoms with Crippen LogP contribution in [0.2, 0.25) is 0 Å². The first-order chi connectivity index (χ1) is 16.7. The van der Waals surface area contributed by atoms with Crippen molar-refractivity contribution in [3.63, 3.8) is 0 Å².